The maximum Gasteiger partial charge on any atom is 0.229 e. The van der Waals surface area contributed by atoms with Crippen molar-refractivity contribution in [3.8, 4) is 5.75 Å². The zero-order valence-corrected chi connectivity index (χ0v) is 19.5. The Hall–Kier alpha value is -2.43. The Kier molecular flexibility index (Phi) is 6.82. The number of halogens is 1. The van der Waals surface area contributed by atoms with Crippen LogP contribution in [0.1, 0.15) is 77.3 Å². The molecule has 0 bridgehead atoms. The van der Waals surface area contributed by atoms with Gasteiger partial charge >= 0.3 is 0 Å². The zero-order valence-electron chi connectivity index (χ0n) is 19.5. The molecule has 1 saturated heterocycles. The summed E-state index contributed by atoms with van der Waals surface area (Å²) in [5, 5.41) is 0. The van der Waals surface area contributed by atoms with Crippen LogP contribution in [-0.4, -0.2) is 27.9 Å². The van der Waals surface area contributed by atoms with Gasteiger partial charge in [0, 0.05) is 12.2 Å². The summed E-state index contributed by atoms with van der Waals surface area (Å²) in [5.74, 6) is 1.08. The molecule has 3 atom stereocenters. The fourth-order valence-electron chi connectivity index (χ4n) is 5.75. The van der Waals surface area contributed by atoms with Gasteiger partial charge in [-0.15, -0.1) is 0 Å². The van der Waals surface area contributed by atoms with Crippen LogP contribution in [0.4, 0.5) is 4.39 Å². The number of benzene rings is 1. The van der Waals surface area contributed by atoms with Crippen LogP contribution >= 0.6 is 0 Å². The topological polar surface area (TPSA) is 42.4 Å². The molecule has 1 aromatic heterocycles. The molecule has 32 heavy (non-hydrogen) atoms. The van der Waals surface area contributed by atoms with Crippen LogP contribution < -0.4 is 4.74 Å². The molecule has 2 fully saturated rings. The van der Waals surface area contributed by atoms with Gasteiger partial charge < -0.3 is 9.64 Å². The summed E-state index contributed by atoms with van der Waals surface area (Å²) in [5.41, 5.74) is 0.422. The van der Waals surface area contributed by atoms with Crippen LogP contribution in [0.25, 0.3) is 0 Å². The Balaban J connectivity index is 1.55. The molecule has 4 rings (SSSR count). The van der Waals surface area contributed by atoms with E-state index in [4.69, 9.17) is 4.74 Å². The third-order valence-electron chi connectivity index (χ3n) is 7.87. The fraction of sp³-hybridized carbons (Fsp3) is 0.556. The van der Waals surface area contributed by atoms with Crippen molar-refractivity contribution in [1.29, 1.82) is 0 Å². The minimum Gasteiger partial charge on any atom is -0.490 e. The summed E-state index contributed by atoms with van der Waals surface area (Å²) in [4.78, 5) is 20.3. The molecule has 5 heteroatoms. The van der Waals surface area contributed by atoms with E-state index in [1.165, 1.54) is 12.3 Å². The maximum atomic E-state index is 14.2. The number of pyridine rings is 1. The second-order valence-corrected chi connectivity index (χ2v) is 9.69. The van der Waals surface area contributed by atoms with Crippen LogP contribution in [0, 0.1) is 17.2 Å². The van der Waals surface area contributed by atoms with E-state index in [1.807, 2.05) is 30.3 Å². The molecule has 2 aliphatic rings. The molecule has 1 aliphatic carbocycles. The van der Waals surface area contributed by atoms with Gasteiger partial charge in [-0.05, 0) is 75.1 Å². The lowest BCUT2D eigenvalue weighted by Gasteiger charge is -2.46. The fourth-order valence-corrected chi connectivity index (χ4v) is 5.75. The summed E-state index contributed by atoms with van der Waals surface area (Å²) < 4.78 is 20.1. The molecular weight excluding hydrogens is 403 g/mol. The first-order chi connectivity index (χ1) is 15.4. The second-order valence-electron chi connectivity index (χ2n) is 9.69. The number of hydrogen-bond acceptors (Lipinski definition) is 3. The van der Waals surface area contributed by atoms with Crippen molar-refractivity contribution in [1.82, 2.24) is 9.88 Å². The van der Waals surface area contributed by atoms with Gasteiger partial charge in [-0.2, -0.15) is 0 Å². The SMILES string of the molecule is CCC(C)C1(C(=O)N2C(C)CCC2c2cncc(F)c2)CCC(Oc2ccccc2)CC1. The minimum absolute atomic E-state index is 0.0973. The third kappa shape index (κ3) is 4.39. The first kappa shape index (κ1) is 22.8. The molecule has 1 aliphatic heterocycles. The number of carbonyl (C=O) groups excluding carboxylic acids is 1. The number of hydrogen-bond donors (Lipinski definition) is 0. The number of rotatable bonds is 6. The summed E-state index contributed by atoms with van der Waals surface area (Å²) in [6.45, 7) is 6.52. The highest BCUT2D eigenvalue weighted by Gasteiger charge is 2.50. The lowest BCUT2D eigenvalue weighted by Crippen LogP contribution is -2.51. The van der Waals surface area contributed by atoms with Crippen molar-refractivity contribution >= 4 is 5.91 Å². The molecule has 4 nitrogen and oxygen atoms in total. The Morgan fingerprint density at radius 1 is 1.19 bits per heavy atom. The van der Waals surface area contributed by atoms with Gasteiger partial charge in [0.25, 0.3) is 0 Å². The Morgan fingerprint density at radius 2 is 1.91 bits per heavy atom. The van der Waals surface area contributed by atoms with Crippen molar-refractivity contribution in [3.63, 3.8) is 0 Å². The molecule has 1 aromatic carbocycles. The second kappa shape index (κ2) is 9.60. The van der Waals surface area contributed by atoms with E-state index in [-0.39, 0.29) is 41.2 Å². The molecule has 1 amide bonds. The number of amides is 1. The molecule has 3 unspecified atom stereocenters. The van der Waals surface area contributed by atoms with Crippen molar-refractivity contribution in [2.45, 2.75) is 83.9 Å². The van der Waals surface area contributed by atoms with E-state index < -0.39 is 0 Å². The smallest absolute Gasteiger partial charge is 0.229 e. The number of carbonyl (C=O) groups is 1. The average molecular weight is 439 g/mol. The largest absolute Gasteiger partial charge is 0.490 e. The van der Waals surface area contributed by atoms with Gasteiger partial charge in [0.15, 0.2) is 0 Å². The quantitative estimate of drug-likeness (QED) is 0.529. The van der Waals surface area contributed by atoms with Gasteiger partial charge in [-0.3, -0.25) is 9.78 Å². The van der Waals surface area contributed by atoms with Crippen molar-refractivity contribution in [2.75, 3.05) is 0 Å². The molecular formula is C27H35FN2O2. The van der Waals surface area contributed by atoms with E-state index in [0.717, 1.165) is 56.3 Å². The first-order valence-corrected chi connectivity index (χ1v) is 12.1. The highest BCUT2D eigenvalue weighted by atomic mass is 19.1. The third-order valence-corrected chi connectivity index (χ3v) is 7.87. The van der Waals surface area contributed by atoms with Gasteiger partial charge in [0.2, 0.25) is 5.91 Å². The Bertz CT molecular complexity index is 911. The minimum atomic E-state index is -0.386. The van der Waals surface area contributed by atoms with E-state index in [9.17, 15) is 9.18 Å². The average Bonchev–Trinajstić information content (AvgIpc) is 3.20. The molecule has 0 radical (unpaired) electrons. The molecule has 2 aromatic rings. The van der Waals surface area contributed by atoms with Crippen LogP contribution in [0.15, 0.2) is 48.8 Å². The lowest BCUT2D eigenvalue weighted by molar-refractivity contribution is -0.152. The maximum absolute atomic E-state index is 14.2. The highest BCUT2D eigenvalue weighted by molar-refractivity contribution is 5.84. The lowest BCUT2D eigenvalue weighted by atomic mass is 9.64. The van der Waals surface area contributed by atoms with Crippen molar-refractivity contribution in [3.05, 3.63) is 60.2 Å². The normalized spacial score (nSPS) is 29.0. The molecule has 0 spiro atoms. The van der Waals surface area contributed by atoms with Gasteiger partial charge in [-0.25, -0.2) is 4.39 Å². The van der Waals surface area contributed by atoms with E-state index >= 15 is 0 Å². The number of nitrogens with zero attached hydrogens (tertiary/aromatic N) is 2. The highest BCUT2D eigenvalue weighted by Crippen LogP contribution is 2.49. The summed E-state index contributed by atoms with van der Waals surface area (Å²) in [6, 6.07) is 11.5. The van der Waals surface area contributed by atoms with E-state index in [1.54, 1.807) is 6.20 Å². The number of ether oxygens (including phenoxy) is 1. The standard InChI is InChI=1S/C27H35FN2O2/c1-4-19(2)27(14-12-24(13-15-27)32-23-8-6-5-7-9-23)26(31)30-20(3)10-11-25(30)21-16-22(28)18-29-17-21/h5-9,16-20,24-25H,4,10-15H2,1-3H3. The number of aromatic nitrogens is 1. The summed E-state index contributed by atoms with van der Waals surface area (Å²) in [6.07, 6.45) is 9.24. The van der Waals surface area contributed by atoms with Gasteiger partial charge in [0.05, 0.1) is 23.8 Å². The first-order valence-electron chi connectivity index (χ1n) is 12.1. The molecule has 0 N–H and O–H groups in total. The van der Waals surface area contributed by atoms with Crippen LogP contribution in [0.5, 0.6) is 5.75 Å². The summed E-state index contributed by atoms with van der Waals surface area (Å²) in [7, 11) is 0. The summed E-state index contributed by atoms with van der Waals surface area (Å²) >= 11 is 0. The van der Waals surface area contributed by atoms with Crippen LogP contribution in [0.3, 0.4) is 0 Å². The van der Waals surface area contributed by atoms with Gasteiger partial charge in [-0.1, -0.05) is 38.5 Å². The number of likely N-dealkylation sites (tertiary alicyclic amines) is 1. The zero-order chi connectivity index (χ0) is 22.7. The molecule has 2 heterocycles. The van der Waals surface area contributed by atoms with Gasteiger partial charge in [0.1, 0.15) is 11.6 Å². The number of para-hydroxylation sites is 1. The predicted octanol–water partition coefficient (Wildman–Crippen LogP) is 6.33. The van der Waals surface area contributed by atoms with E-state index in [2.05, 4.69) is 30.7 Å². The van der Waals surface area contributed by atoms with Crippen molar-refractivity contribution in [2.24, 2.45) is 11.3 Å². The van der Waals surface area contributed by atoms with Crippen LogP contribution in [0.2, 0.25) is 0 Å². The van der Waals surface area contributed by atoms with Crippen LogP contribution in [-0.2, 0) is 4.79 Å². The van der Waals surface area contributed by atoms with Crippen molar-refractivity contribution < 1.29 is 13.9 Å². The Morgan fingerprint density at radius 3 is 2.56 bits per heavy atom. The Labute approximate surface area is 191 Å². The predicted molar refractivity (Wildman–Crippen MR) is 124 cm³/mol. The molecule has 1 saturated carbocycles. The van der Waals surface area contributed by atoms with E-state index in [0.29, 0.717) is 0 Å². The monoisotopic (exact) mass is 438 g/mol. The molecule has 172 valence electrons.